The van der Waals surface area contributed by atoms with E-state index in [4.69, 9.17) is 0 Å². The fourth-order valence-electron chi connectivity index (χ4n) is 1.21. The zero-order chi connectivity index (χ0) is 7.66. The van der Waals surface area contributed by atoms with Gasteiger partial charge in [0.15, 0.2) is 0 Å². The van der Waals surface area contributed by atoms with Crippen LogP contribution in [-0.4, -0.2) is 19.0 Å². The van der Waals surface area contributed by atoms with Gasteiger partial charge < -0.3 is 0 Å². The molecule has 0 amide bonds. The van der Waals surface area contributed by atoms with Crippen molar-refractivity contribution in [3.8, 4) is 0 Å². The van der Waals surface area contributed by atoms with Gasteiger partial charge in [0.25, 0.3) is 0 Å². The van der Waals surface area contributed by atoms with Crippen molar-refractivity contribution in [3.05, 3.63) is 0 Å². The van der Waals surface area contributed by atoms with Crippen LogP contribution in [-0.2, 0) is 0 Å². The summed E-state index contributed by atoms with van der Waals surface area (Å²) in [5, 5.41) is 0. The zero-order valence-corrected chi connectivity index (χ0v) is 10.5. The average Bonchev–Trinajstić information content (AvgIpc) is 1.97. The van der Waals surface area contributed by atoms with Crippen molar-refractivity contribution in [2.75, 3.05) is 0 Å². The topological polar surface area (TPSA) is 0 Å². The van der Waals surface area contributed by atoms with Crippen LogP contribution >= 0.6 is 0 Å². The van der Waals surface area contributed by atoms with Crippen LogP contribution < -0.4 is 0 Å². The van der Waals surface area contributed by atoms with Gasteiger partial charge >= 0.3 is 0 Å². The van der Waals surface area contributed by atoms with Gasteiger partial charge in [0.2, 0.25) is 0 Å². The molecule has 0 nitrogen and oxygen atoms in total. The predicted octanol–water partition coefficient (Wildman–Crippen LogP) is 1.82. The van der Waals surface area contributed by atoms with Gasteiger partial charge in [0.05, 0.1) is 0 Å². The Labute approximate surface area is 70.4 Å². The maximum absolute atomic E-state index is 2.42. The minimum Gasteiger partial charge on any atom is -0.0748 e. The van der Waals surface area contributed by atoms with E-state index in [1.165, 1.54) is 25.7 Å². The van der Waals surface area contributed by atoms with Gasteiger partial charge in [-0.3, -0.25) is 0 Å². The monoisotopic (exact) mass is 174 g/mol. The van der Waals surface area contributed by atoms with Crippen molar-refractivity contribution in [2.45, 2.75) is 50.9 Å². The van der Waals surface area contributed by atoms with Crippen LogP contribution in [0.5, 0.6) is 0 Å². The molecule has 0 radical (unpaired) electrons. The van der Waals surface area contributed by atoms with Gasteiger partial charge in [-0.25, -0.2) is 0 Å². The molecule has 0 aliphatic carbocycles. The van der Waals surface area contributed by atoms with Gasteiger partial charge in [-0.05, 0) is 0 Å². The largest absolute Gasteiger partial charge is 0.0748 e. The third-order valence-electron chi connectivity index (χ3n) is 1.96. The number of hydrogen-bond donors (Lipinski definition) is 0. The Hall–Kier alpha value is 0.434. The van der Waals surface area contributed by atoms with Crippen LogP contribution in [0.1, 0.15) is 25.7 Å². The molecule has 0 spiro atoms. The predicted molar refractivity (Wildman–Crippen MR) is 56.9 cm³/mol. The Bertz CT molecular complexity index is 47.2. The van der Waals surface area contributed by atoms with E-state index in [2.05, 4.69) is 13.1 Å². The second kappa shape index (κ2) is 9.43. The zero-order valence-electron chi connectivity index (χ0n) is 7.66. The molecule has 0 unspecified atom stereocenters. The van der Waals surface area contributed by atoms with E-state index >= 15 is 0 Å². The molecule has 62 valence electrons. The summed E-state index contributed by atoms with van der Waals surface area (Å²) in [6.45, 7) is 4.83. The van der Waals surface area contributed by atoms with Crippen molar-refractivity contribution < 1.29 is 0 Å². The van der Waals surface area contributed by atoms with Gasteiger partial charge in [0.1, 0.15) is 0 Å². The van der Waals surface area contributed by atoms with Gasteiger partial charge in [-0.2, -0.15) is 0 Å². The van der Waals surface area contributed by atoms with Crippen LogP contribution in [0.25, 0.3) is 0 Å². The SMILES string of the molecule is C[SiH2]CCCCCC[SiH2]C. The summed E-state index contributed by atoms with van der Waals surface area (Å²) in [4.78, 5) is 0. The molecule has 10 heavy (non-hydrogen) atoms. The van der Waals surface area contributed by atoms with Crippen LogP contribution in [0.3, 0.4) is 0 Å². The lowest BCUT2D eigenvalue weighted by molar-refractivity contribution is 0.699. The van der Waals surface area contributed by atoms with E-state index in [1.54, 1.807) is 12.1 Å². The van der Waals surface area contributed by atoms with E-state index in [0.29, 0.717) is 19.0 Å². The molecule has 0 rings (SSSR count). The maximum Gasteiger partial charge on any atom is 0.0166 e. The number of rotatable bonds is 7. The van der Waals surface area contributed by atoms with E-state index in [-0.39, 0.29) is 0 Å². The van der Waals surface area contributed by atoms with Crippen molar-refractivity contribution in [1.29, 1.82) is 0 Å². The lowest BCUT2D eigenvalue weighted by Crippen LogP contribution is -1.84. The molecule has 0 fully saturated rings. The van der Waals surface area contributed by atoms with E-state index in [0.717, 1.165) is 0 Å². The van der Waals surface area contributed by atoms with E-state index < -0.39 is 0 Å². The molecule has 0 aromatic heterocycles. The van der Waals surface area contributed by atoms with Crippen molar-refractivity contribution in [2.24, 2.45) is 0 Å². The third-order valence-corrected chi connectivity index (χ3v) is 4.37. The first-order chi connectivity index (χ1) is 4.91. The Morgan fingerprint density at radius 1 is 0.700 bits per heavy atom. The van der Waals surface area contributed by atoms with E-state index in [9.17, 15) is 0 Å². The lowest BCUT2D eigenvalue weighted by atomic mass is 10.2. The first-order valence-electron chi connectivity index (χ1n) is 4.91. The normalized spacial score (nSPS) is 12.6. The fourth-order valence-corrected chi connectivity index (χ4v) is 2.91. The molecule has 0 aromatic carbocycles. The van der Waals surface area contributed by atoms with Crippen LogP contribution in [0.15, 0.2) is 0 Å². The summed E-state index contributed by atoms with van der Waals surface area (Å²) in [6, 6.07) is 3.17. The van der Waals surface area contributed by atoms with Crippen LogP contribution in [0.4, 0.5) is 0 Å². The first-order valence-corrected chi connectivity index (χ1v) is 9.74. The second-order valence-corrected chi connectivity index (χ2v) is 6.54. The molecule has 0 bridgehead atoms. The minimum absolute atomic E-state index is 0.383. The summed E-state index contributed by atoms with van der Waals surface area (Å²) in [7, 11) is 0.766. The molecule has 0 atom stereocenters. The van der Waals surface area contributed by atoms with Crippen molar-refractivity contribution in [1.82, 2.24) is 0 Å². The van der Waals surface area contributed by atoms with Crippen LogP contribution in [0.2, 0.25) is 25.2 Å². The molecule has 0 aliphatic rings. The van der Waals surface area contributed by atoms with Gasteiger partial charge in [0, 0.05) is 19.0 Å². The highest BCUT2D eigenvalue weighted by Gasteiger charge is 1.88. The molecule has 2 heteroatoms. The summed E-state index contributed by atoms with van der Waals surface area (Å²) in [5.74, 6) is 0. The van der Waals surface area contributed by atoms with Crippen molar-refractivity contribution in [3.63, 3.8) is 0 Å². The highest BCUT2D eigenvalue weighted by molar-refractivity contribution is 6.33. The lowest BCUT2D eigenvalue weighted by Gasteiger charge is -1.97. The summed E-state index contributed by atoms with van der Waals surface area (Å²) in [6.07, 6.45) is 6.12. The Balaban J connectivity index is 2.65. The number of hydrogen-bond acceptors (Lipinski definition) is 0. The Morgan fingerprint density at radius 3 is 1.40 bits per heavy atom. The quantitative estimate of drug-likeness (QED) is 0.408. The molecule has 0 aliphatic heterocycles. The molecule has 0 N–H and O–H groups in total. The third kappa shape index (κ3) is 8.43. The van der Waals surface area contributed by atoms with Gasteiger partial charge in [-0.15, -0.1) is 0 Å². The Morgan fingerprint density at radius 2 is 1.10 bits per heavy atom. The second-order valence-electron chi connectivity index (χ2n) is 3.12. The molecule has 0 heterocycles. The van der Waals surface area contributed by atoms with E-state index in [1.807, 2.05) is 0 Å². The minimum atomic E-state index is 0.383. The summed E-state index contributed by atoms with van der Waals surface area (Å²) >= 11 is 0. The maximum atomic E-state index is 2.42. The number of unbranched alkanes of at least 4 members (excludes halogenated alkanes) is 3. The first kappa shape index (κ1) is 10.4. The highest BCUT2D eigenvalue weighted by Crippen LogP contribution is 2.04. The van der Waals surface area contributed by atoms with Crippen molar-refractivity contribution >= 4 is 19.0 Å². The highest BCUT2D eigenvalue weighted by atomic mass is 28.2. The molecular weight excluding hydrogens is 152 g/mol. The molecular formula is C8H22Si2. The van der Waals surface area contributed by atoms with Gasteiger partial charge in [-0.1, -0.05) is 50.9 Å². The Kier molecular flexibility index (Phi) is 9.84. The smallest absolute Gasteiger partial charge is 0.0166 e. The molecule has 0 aromatic rings. The van der Waals surface area contributed by atoms with Crippen LogP contribution in [0, 0.1) is 0 Å². The average molecular weight is 174 g/mol. The molecule has 0 saturated carbocycles. The fraction of sp³-hybridized carbons (Fsp3) is 1.00. The molecule has 0 saturated heterocycles. The standard InChI is InChI=1S/C8H22Si2/c1-9-7-5-3-4-6-8-10-2/h3-10H2,1-2H3. The summed E-state index contributed by atoms with van der Waals surface area (Å²) in [5.41, 5.74) is 0. The summed E-state index contributed by atoms with van der Waals surface area (Å²) < 4.78 is 0.